The lowest BCUT2D eigenvalue weighted by Crippen LogP contribution is -2.17. The normalized spacial score (nSPS) is 17.2. The Morgan fingerprint density at radius 2 is 2.06 bits per heavy atom. The van der Waals surface area contributed by atoms with E-state index < -0.39 is 0 Å². The molecule has 18 heavy (non-hydrogen) atoms. The minimum Gasteiger partial charge on any atom is -0.311 e. The Bertz CT molecular complexity index is 401. The van der Waals surface area contributed by atoms with E-state index in [1.807, 2.05) is 12.1 Å². The predicted octanol–water partition coefficient (Wildman–Crippen LogP) is 4.14. The second kappa shape index (κ2) is 6.88. The van der Waals surface area contributed by atoms with E-state index in [1.165, 1.54) is 38.5 Å². The van der Waals surface area contributed by atoms with Crippen molar-refractivity contribution in [3.63, 3.8) is 0 Å². The average molecular weight is 311 g/mol. The highest BCUT2D eigenvalue weighted by Gasteiger charge is 2.16. The first kappa shape index (κ1) is 13.5. The van der Waals surface area contributed by atoms with E-state index >= 15 is 0 Å². The highest BCUT2D eigenvalue weighted by Crippen LogP contribution is 2.25. The molecule has 0 aromatic carbocycles. The SMILES string of the molecule is O=C(CC1CCCCCC1)Nc1cc(Br)ccn1. The van der Waals surface area contributed by atoms with Crippen LogP contribution >= 0.6 is 15.9 Å². The minimum atomic E-state index is 0.0903. The topological polar surface area (TPSA) is 42.0 Å². The predicted molar refractivity (Wildman–Crippen MR) is 76.4 cm³/mol. The Morgan fingerprint density at radius 1 is 1.33 bits per heavy atom. The van der Waals surface area contributed by atoms with Gasteiger partial charge in [-0.2, -0.15) is 0 Å². The summed E-state index contributed by atoms with van der Waals surface area (Å²) in [5, 5.41) is 2.87. The van der Waals surface area contributed by atoms with Crippen molar-refractivity contribution in [3.8, 4) is 0 Å². The first-order valence-corrected chi connectivity index (χ1v) is 7.45. The molecule has 1 aliphatic carbocycles. The molecule has 0 saturated heterocycles. The van der Waals surface area contributed by atoms with Crippen LogP contribution in [-0.4, -0.2) is 10.9 Å². The third kappa shape index (κ3) is 4.41. The fourth-order valence-electron chi connectivity index (χ4n) is 2.50. The van der Waals surface area contributed by atoms with Crippen LogP contribution in [0.3, 0.4) is 0 Å². The highest BCUT2D eigenvalue weighted by molar-refractivity contribution is 9.10. The van der Waals surface area contributed by atoms with Crippen molar-refractivity contribution in [2.45, 2.75) is 44.9 Å². The average Bonchev–Trinajstić information content (AvgIpc) is 2.57. The molecule has 0 spiro atoms. The van der Waals surface area contributed by atoms with E-state index in [9.17, 15) is 4.79 Å². The molecule has 1 saturated carbocycles. The van der Waals surface area contributed by atoms with Crippen molar-refractivity contribution in [2.75, 3.05) is 5.32 Å². The molecule has 1 aliphatic rings. The lowest BCUT2D eigenvalue weighted by atomic mass is 9.96. The summed E-state index contributed by atoms with van der Waals surface area (Å²) in [6.07, 6.45) is 9.90. The Labute approximate surface area is 117 Å². The van der Waals surface area contributed by atoms with Crippen LogP contribution in [0.15, 0.2) is 22.8 Å². The van der Waals surface area contributed by atoms with Crippen LogP contribution in [0.25, 0.3) is 0 Å². The van der Waals surface area contributed by atoms with Gasteiger partial charge in [0.25, 0.3) is 0 Å². The molecular formula is C14H19BrN2O. The number of nitrogens with one attached hydrogen (secondary N) is 1. The largest absolute Gasteiger partial charge is 0.311 e. The number of amides is 1. The van der Waals surface area contributed by atoms with Crippen molar-refractivity contribution in [1.82, 2.24) is 4.98 Å². The van der Waals surface area contributed by atoms with Crippen LogP contribution in [0, 0.1) is 5.92 Å². The van der Waals surface area contributed by atoms with Gasteiger partial charge in [-0.05, 0) is 30.9 Å². The van der Waals surface area contributed by atoms with Gasteiger partial charge >= 0.3 is 0 Å². The fourth-order valence-corrected chi connectivity index (χ4v) is 2.83. The molecule has 1 aromatic rings. The van der Waals surface area contributed by atoms with Gasteiger partial charge in [0, 0.05) is 17.1 Å². The molecule has 0 radical (unpaired) electrons. The van der Waals surface area contributed by atoms with E-state index in [2.05, 4.69) is 26.2 Å². The summed E-state index contributed by atoms with van der Waals surface area (Å²) in [6.45, 7) is 0. The maximum atomic E-state index is 11.9. The molecule has 1 fully saturated rings. The summed E-state index contributed by atoms with van der Waals surface area (Å²) >= 11 is 3.37. The first-order chi connectivity index (χ1) is 8.74. The van der Waals surface area contributed by atoms with Gasteiger partial charge in [0.15, 0.2) is 0 Å². The standard InChI is InChI=1S/C14H19BrN2O/c15-12-7-8-16-13(10-12)17-14(18)9-11-5-3-1-2-4-6-11/h7-8,10-11H,1-6,9H2,(H,16,17,18). The smallest absolute Gasteiger partial charge is 0.225 e. The molecule has 1 N–H and O–H groups in total. The van der Waals surface area contributed by atoms with Gasteiger partial charge < -0.3 is 5.32 Å². The number of halogens is 1. The number of nitrogens with zero attached hydrogens (tertiary/aromatic N) is 1. The monoisotopic (exact) mass is 310 g/mol. The minimum absolute atomic E-state index is 0.0903. The number of rotatable bonds is 3. The Kier molecular flexibility index (Phi) is 5.17. The van der Waals surface area contributed by atoms with Crippen molar-refractivity contribution >= 4 is 27.7 Å². The van der Waals surface area contributed by atoms with Crippen molar-refractivity contribution in [2.24, 2.45) is 5.92 Å². The molecule has 1 heterocycles. The van der Waals surface area contributed by atoms with Crippen LogP contribution in [-0.2, 0) is 4.79 Å². The molecule has 3 nitrogen and oxygen atoms in total. The Hall–Kier alpha value is -0.900. The molecule has 0 aliphatic heterocycles. The maximum Gasteiger partial charge on any atom is 0.225 e. The van der Waals surface area contributed by atoms with Gasteiger partial charge in [-0.3, -0.25) is 4.79 Å². The third-order valence-corrected chi connectivity index (χ3v) is 3.93. The summed E-state index contributed by atoms with van der Waals surface area (Å²) in [5.41, 5.74) is 0. The molecule has 2 rings (SSSR count). The molecule has 0 bridgehead atoms. The lowest BCUT2D eigenvalue weighted by molar-refractivity contribution is -0.117. The van der Waals surface area contributed by atoms with Gasteiger partial charge in [-0.1, -0.05) is 41.6 Å². The third-order valence-electron chi connectivity index (χ3n) is 3.44. The van der Waals surface area contributed by atoms with E-state index in [0.29, 0.717) is 18.2 Å². The first-order valence-electron chi connectivity index (χ1n) is 6.65. The lowest BCUT2D eigenvalue weighted by Gasteiger charge is -2.13. The van der Waals surface area contributed by atoms with Gasteiger partial charge in [-0.25, -0.2) is 4.98 Å². The van der Waals surface area contributed by atoms with Crippen LogP contribution in [0.2, 0.25) is 0 Å². The second-order valence-electron chi connectivity index (χ2n) is 4.97. The number of anilines is 1. The van der Waals surface area contributed by atoms with Gasteiger partial charge in [-0.15, -0.1) is 0 Å². The highest BCUT2D eigenvalue weighted by atomic mass is 79.9. The summed E-state index contributed by atoms with van der Waals surface area (Å²) in [6, 6.07) is 3.67. The summed E-state index contributed by atoms with van der Waals surface area (Å²) in [4.78, 5) is 16.1. The van der Waals surface area contributed by atoms with E-state index in [-0.39, 0.29) is 5.91 Å². The van der Waals surface area contributed by atoms with Crippen molar-refractivity contribution < 1.29 is 4.79 Å². The summed E-state index contributed by atoms with van der Waals surface area (Å²) < 4.78 is 0.933. The molecule has 98 valence electrons. The van der Waals surface area contributed by atoms with E-state index in [4.69, 9.17) is 0 Å². The fraction of sp³-hybridized carbons (Fsp3) is 0.571. The van der Waals surface area contributed by atoms with Gasteiger partial charge in [0.05, 0.1) is 0 Å². The molecule has 4 heteroatoms. The Morgan fingerprint density at radius 3 is 2.72 bits per heavy atom. The van der Waals surface area contributed by atoms with E-state index in [1.54, 1.807) is 6.20 Å². The molecular weight excluding hydrogens is 292 g/mol. The zero-order chi connectivity index (χ0) is 12.8. The molecule has 1 amide bonds. The number of pyridine rings is 1. The van der Waals surface area contributed by atoms with Crippen LogP contribution < -0.4 is 5.32 Å². The molecule has 0 atom stereocenters. The number of carbonyl (C=O) groups is 1. The van der Waals surface area contributed by atoms with Gasteiger partial charge in [0.1, 0.15) is 5.82 Å². The zero-order valence-corrected chi connectivity index (χ0v) is 12.1. The number of hydrogen-bond acceptors (Lipinski definition) is 2. The quantitative estimate of drug-likeness (QED) is 0.852. The Balaban J connectivity index is 1.84. The second-order valence-corrected chi connectivity index (χ2v) is 5.88. The number of hydrogen-bond donors (Lipinski definition) is 1. The summed E-state index contributed by atoms with van der Waals surface area (Å²) in [7, 11) is 0. The van der Waals surface area contributed by atoms with Crippen molar-refractivity contribution in [3.05, 3.63) is 22.8 Å². The number of carbonyl (C=O) groups excluding carboxylic acids is 1. The zero-order valence-electron chi connectivity index (χ0n) is 10.5. The molecule has 1 aromatic heterocycles. The van der Waals surface area contributed by atoms with Crippen molar-refractivity contribution in [1.29, 1.82) is 0 Å². The van der Waals surface area contributed by atoms with Gasteiger partial charge in [0.2, 0.25) is 5.91 Å². The number of aromatic nitrogens is 1. The van der Waals surface area contributed by atoms with Crippen LogP contribution in [0.1, 0.15) is 44.9 Å². The maximum absolute atomic E-state index is 11.9. The molecule has 0 unspecified atom stereocenters. The van der Waals surface area contributed by atoms with Crippen LogP contribution in [0.4, 0.5) is 5.82 Å². The van der Waals surface area contributed by atoms with E-state index in [0.717, 1.165) is 4.47 Å². The summed E-state index contributed by atoms with van der Waals surface area (Å²) in [5.74, 6) is 1.27. The van der Waals surface area contributed by atoms with Crippen LogP contribution in [0.5, 0.6) is 0 Å².